The van der Waals surface area contributed by atoms with E-state index in [1.54, 1.807) is 0 Å². The fraction of sp³-hybridized carbons (Fsp3) is 0.444. The Labute approximate surface area is 159 Å². The highest BCUT2D eigenvalue weighted by molar-refractivity contribution is 7.80. The average Bonchev–Trinajstić information content (AvgIpc) is 3.38. The van der Waals surface area contributed by atoms with E-state index in [-0.39, 0.29) is 16.1 Å². The van der Waals surface area contributed by atoms with Crippen molar-refractivity contribution in [1.29, 1.82) is 0 Å². The van der Waals surface area contributed by atoms with Gasteiger partial charge >= 0.3 is 0 Å². The standard InChI is InChI=1S/C18H18ClF2N3OS/c1-11-10-25-7-6-24(11)16-9-15(22-17(19)23-16)18(4-5-18)26-14-3-2-12(20)8-13(14)21/h2-3,8-9,11H,4-7,10H2,1H3/p+1/t11-/m0/s1. The summed E-state index contributed by atoms with van der Waals surface area (Å²) in [5, 5.41) is 0.192. The van der Waals surface area contributed by atoms with Crippen LogP contribution in [-0.2, 0) is 21.2 Å². The van der Waals surface area contributed by atoms with Crippen molar-refractivity contribution in [3.8, 4) is 0 Å². The van der Waals surface area contributed by atoms with E-state index in [1.165, 1.54) is 12.1 Å². The maximum absolute atomic E-state index is 14.1. The van der Waals surface area contributed by atoms with Crippen LogP contribution in [0.25, 0.3) is 0 Å². The van der Waals surface area contributed by atoms with E-state index in [0.717, 1.165) is 48.7 Å². The van der Waals surface area contributed by atoms with E-state index in [0.29, 0.717) is 18.1 Å². The molecule has 1 aliphatic carbocycles. The predicted molar refractivity (Wildman–Crippen MR) is 99.0 cm³/mol. The van der Waals surface area contributed by atoms with Crippen LogP contribution in [0.5, 0.6) is 0 Å². The molecule has 0 spiro atoms. The fourth-order valence-corrected chi connectivity index (χ4v) is 4.73. The van der Waals surface area contributed by atoms with Gasteiger partial charge in [0.05, 0.1) is 19.3 Å². The average molecular weight is 399 g/mol. The SMILES string of the molecule is C[C@H]1COCCN1c1cc(C2([SH+]c3ccc(F)cc3F)CC2)nc(Cl)n1. The second-order valence-corrected chi connectivity index (χ2v) is 8.64. The van der Waals surface area contributed by atoms with Gasteiger partial charge in [-0.05, 0) is 30.7 Å². The predicted octanol–water partition coefficient (Wildman–Crippen LogP) is 3.50. The lowest BCUT2D eigenvalue weighted by molar-refractivity contribution is 0.0985. The zero-order chi connectivity index (χ0) is 18.3. The molecule has 1 aromatic carbocycles. The first-order valence-electron chi connectivity index (χ1n) is 8.54. The van der Waals surface area contributed by atoms with E-state index in [4.69, 9.17) is 16.3 Å². The van der Waals surface area contributed by atoms with Crippen LogP contribution in [0.2, 0.25) is 5.28 Å². The second-order valence-electron chi connectivity index (χ2n) is 6.74. The van der Waals surface area contributed by atoms with E-state index in [9.17, 15) is 8.78 Å². The molecule has 1 saturated carbocycles. The Balaban J connectivity index is 1.64. The van der Waals surface area contributed by atoms with Gasteiger partial charge in [0, 0.05) is 43.3 Å². The van der Waals surface area contributed by atoms with Crippen LogP contribution >= 0.6 is 11.6 Å². The van der Waals surface area contributed by atoms with Gasteiger partial charge in [0.2, 0.25) is 5.28 Å². The third-order valence-corrected chi connectivity index (χ3v) is 6.67. The number of hydrogen-bond acceptors (Lipinski definition) is 4. The zero-order valence-corrected chi connectivity index (χ0v) is 15.9. The number of morpholine rings is 1. The minimum absolute atomic E-state index is 0.192. The molecule has 0 radical (unpaired) electrons. The normalized spacial score (nSPS) is 21.7. The van der Waals surface area contributed by atoms with E-state index in [2.05, 4.69) is 21.8 Å². The van der Waals surface area contributed by atoms with Crippen molar-refractivity contribution < 1.29 is 13.5 Å². The summed E-state index contributed by atoms with van der Waals surface area (Å²) in [6.45, 7) is 4.10. The van der Waals surface area contributed by atoms with Gasteiger partial charge in [-0.15, -0.1) is 0 Å². The number of benzene rings is 1. The Morgan fingerprint density at radius 1 is 1.27 bits per heavy atom. The lowest BCUT2D eigenvalue weighted by Gasteiger charge is -2.34. The molecule has 1 saturated heterocycles. The Kier molecular flexibility index (Phi) is 4.79. The van der Waals surface area contributed by atoms with Crippen molar-refractivity contribution >= 4 is 29.2 Å². The third-order valence-electron chi connectivity index (χ3n) is 4.79. The Hall–Kier alpha value is -1.44. The summed E-state index contributed by atoms with van der Waals surface area (Å²) in [4.78, 5) is 11.4. The van der Waals surface area contributed by atoms with Crippen LogP contribution in [0.15, 0.2) is 29.2 Å². The topological polar surface area (TPSA) is 38.2 Å². The van der Waals surface area contributed by atoms with Crippen LogP contribution in [0.4, 0.5) is 14.6 Å². The van der Waals surface area contributed by atoms with Gasteiger partial charge in [-0.25, -0.2) is 18.7 Å². The fourth-order valence-electron chi connectivity index (χ4n) is 3.20. The Morgan fingerprint density at radius 3 is 2.77 bits per heavy atom. The molecule has 1 aromatic heterocycles. The number of ether oxygens (including phenoxy) is 1. The maximum atomic E-state index is 14.1. The molecule has 0 unspecified atom stereocenters. The molecule has 1 aliphatic heterocycles. The molecular formula is C18H19ClF2N3OS+. The van der Waals surface area contributed by atoms with Gasteiger partial charge in [0.25, 0.3) is 0 Å². The van der Waals surface area contributed by atoms with E-state index in [1.807, 2.05) is 6.07 Å². The summed E-state index contributed by atoms with van der Waals surface area (Å²) in [5.74, 6) is -0.322. The molecular weight excluding hydrogens is 380 g/mol. The first-order valence-corrected chi connectivity index (χ1v) is 9.81. The van der Waals surface area contributed by atoms with Crippen LogP contribution in [-0.4, -0.2) is 35.8 Å². The largest absolute Gasteiger partial charge is 0.377 e. The molecule has 1 atom stereocenters. The van der Waals surface area contributed by atoms with Crippen LogP contribution in [0.1, 0.15) is 25.5 Å². The molecule has 2 heterocycles. The molecule has 26 heavy (non-hydrogen) atoms. The first-order chi connectivity index (χ1) is 12.5. The minimum atomic E-state index is -0.569. The highest BCUT2D eigenvalue weighted by atomic mass is 35.5. The molecule has 4 nitrogen and oxygen atoms in total. The van der Waals surface area contributed by atoms with Crippen molar-refractivity contribution in [3.63, 3.8) is 0 Å². The smallest absolute Gasteiger partial charge is 0.224 e. The summed E-state index contributed by atoms with van der Waals surface area (Å²) in [6, 6.07) is 5.86. The molecule has 2 aromatic rings. The number of rotatable bonds is 4. The van der Waals surface area contributed by atoms with E-state index >= 15 is 0 Å². The summed E-state index contributed by atoms with van der Waals surface area (Å²) >= 11 is 6.98. The molecule has 0 N–H and O–H groups in total. The second kappa shape index (κ2) is 6.94. The van der Waals surface area contributed by atoms with E-state index < -0.39 is 11.6 Å². The monoisotopic (exact) mass is 398 g/mol. The van der Waals surface area contributed by atoms with Crippen LogP contribution < -0.4 is 4.90 Å². The van der Waals surface area contributed by atoms with Gasteiger partial charge in [-0.2, -0.15) is 0 Å². The van der Waals surface area contributed by atoms with Gasteiger partial charge in [-0.3, -0.25) is 0 Å². The quantitative estimate of drug-likeness (QED) is 0.449. The van der Waals surface area contributed by atoms with Gasteiger partial charge in [0.15, 0.2) is 15.5 Å². The van der Waals surface area contributed by atoms with Crippen molar-refractivity contribution in [2.45, 2.75) is 35.4 Å². The molecule has 8 heteroatoms. The van der Waals surface area contributed by atoms with Crippen LogP contribution in [0, 0.1) is 11.6 Å². The first kappa shape index (κ1) is 17.9. The highest BCUT2D eigenvalue weighted by Gasteiger charge is 2.55. The summed E-state index contributed by atoms with van der Waals surface area (Å²) < 4.78 is 32.5. The lowest BCUT2D eigenvalue weighted by Crippen LogP contribution is -2.44. The third kappa shape index (κ3) is 3.52. The number of halogens is 3. The molecule has 4 rings (SSSR count). The number of hydrogen-bond donors (Lipinski definition) is 0. The van der Waals surface area contributed by atoms with Gasteiger partial charge in [0.1, 0.15) is 17.3 Å². The van der Waals surface area contributed by atoms with Crippen molar-refractivity contribution in [3.05, 3.63) is 46.9 Å². The maximum Gasteiger partial charge on any atom is 0.224 e. The summed E-state index contributed by atoms with van der Waals surface area (Å²) in [5.41, 5.74) is 0.816. The lowest BCUT2D eigenvalue weighted by atomic mass is 10.2. The molecule has 2 fully saturated rings. The zero-order valence-electron chi connectivity index (χ0n) is 14.3. The van der Waals surface area contributed by atoms with Gasteiger partial charge < -0.3 is 9.64 Å². The highest BCUT2D eigenvalue weighted by Crippen LogP contribution is 2.51. The molecule has 0 bridgehead atoms. The van der Waals surface area contributed by atoms with Crippen molar-refractivity contribution in [2.24, 2.45) is 0 Å². The number of nitrogens with zero attached hydrogens (tertiary/aromatic N) is 3. The van der Waals surface area contributed by atoms with Crippen LogP contribution in [0.3, 0.4) is 0 Å². The van der Waals surface area contributed by atoms with Crippen molar-refractivity contribution in [2.75, 3.05) is 24.7 Å². The molecule has 138 valence electrons. The molecule has 0 amide bonds. The summed E-state index contributed by atoms with van der Waals surface area (Å²) in [6.07, 6.45) is 1.77. The Bertz CT molecular complexity index is 834. The number of anilines is 1. The summed E-state index contributed by atoms with van der Waals surface area (Å²) in [7, 11) is 0. The molecule has 2 aliphatic rings. The number of aromatic nitrogens is 2. The Morgan fingerprint density at radius 2 is 2.08 bits per heavy atom. The number of thiol groups is 1. The van der Waals surface area contributed by atoms with Crippen molar-refractivity contribution in [1.82, 2.24) is 9.97 Å². The van der Waals surface area contributed by atoms with Gasteiger partial charge in [-0.1, -0.05) is 0 Å². The minimum Gasteiger partial charge on any atom is -0.377 e.